The molecule has 2 aromatic carbocycles. The van der Waals surface area contributed by atoms with Gasteiger partial charge in [-0.05, 0) is 80.6 Å². The van der Waals surface area contributed by atoms with Gasteiger partial charge in [-0.2, -0.15) is 0 Å². The molecule has 0 radical (unpaired) electrons. The monoisotopic (exact) mass is 471 g/mol. The SMILES string of the molecule is CC[C@H](C(=O)NCc1ccccc1CN1CCCCC1)N(c1ccc(C)c(C)c1)S(C)(=O)=O. The number of carbonyl (C=O) groups is 1. The lowest BCUT2D eigenvalue weighted by molar-refractivity contribution is -0.122. The number of carbonyl (C=O) groups excluding carboxylic acids is 1. The van der Waals surface area contributed by atoms with Gasteiger partial charge in [-0.25, -0.2) is 8.42 Å². The lowest BCUT2D eigenvalue weighted by Crippen LogP contribution is -2.49. The molecule has 0 aliphatic carbocycles. The van der Waals surface area contributed by atoms with E-state index in [9.17, 15) is 13.2 Å². The Morgan fingerprint density at radius 3 is 2.30 bits per heavy atom. The molecule has 1 N–H and O–H groups in total. The summed E-state index contributed by atoms with van der Waals surface area (Å²) in [6.07, 6.45) is 5.30. The molecular formula is C26H37N3O3S. The molecule has 1 heterocycles. The van der Waals surface area contributed by atoms with Crippen LogP contribution >= 0.6 is 0 Å². The van der Waals surface area contributed by atoms with Gasteiger partial charge in [0, 0.05) is 13.1 Å². The zero-order chi connectivity index (χ0) is 24.0. The summed E-state index contributed by atoms with van der Waals surface area (Å²) in [5.41, 5.74) is 4.87. The number of anilines is 1. The van der Waals surface area contributed by atoms with Crippen LogP contribution in [0.15, 0.2) is 42.5 Å². The van der Waals surface area contributed by atoms with E-state index in [0.717, 1.165) is 42.6 Å². The first kappa shape index (κ1) is 25.2. The van der Waals surface area contributed by atoms with Crippen molar-refractivity contribution in [3.8, 4) is 0 Å². The number of nitrogens with zero attached hydrogens (tertiary/aromatic N) is 2. The zero-order valence-electron chi connectivity index (χ0n) is 20.3. The fourth-order valence-corrected chi connectivity index (χ4v) is 5.67. The minimum atomic E-state index is -3.65. The van der Waals surface area contributed by atoms with Crippen LogP contribution in [-0.4, -0.2) is 44.6 Å². The smallest absolute Gasteiger partial charge is 0.244 e. The normalized spacial score (nSPS) is 15.8. The maximum atomic E-state index is 13.2. The van der Waals surface area contributed by atoms with E-state index in [1.54, 1.807) is 6.07 Å². The minimum Gasteiger partial charge on any atom is -0.350 e. The van der Waals surface area contributed by atoms with E-state index < -0.39 is 16.1 Å². The third-order valence-electron chi connectivity index (χ3n) is 6.49. The molecule has 2 aromatic rings. The highest BCUT2D eigenvalue weighted by molar-refractivity contribution is 7.92. The predicted molar refractivity (Wildman–Crippen MR) is 135 cm³/mol. The van der Waals surface area contributed by atoms with Crippen LogP contribution in [-0.2, 0) is 27.9 Å². The van der Waals surface area contributed by atoms with E-state index in [0.29, 0.717) is 18.7 Å². The summed E-state index contributed by atoms with van der Waals surface area (Å²) in [7, 11) is -3.65. The second-order valence-corrected chi connectivity index (χ2v) is 10.9. The predicted octanol–water partition coefficient (Wildman–Crippen LogP) is 4.15. The summed E-state index contributed by atoms with van der Waals surface area (Å²) in [6, 6.07) is 12.9. The number of piperidine rings is 1. The van der Waals surface area contributed by atoms with Crippen molar-refractivity contribution in [2.45, 2.75) is 65.6 Å². The van der Waals surface area contributed by atoms with E-state index in [4.69, 9.17) is 0 Å². The average Bonchev–Trinajstić information content (AvgIpc) is 2.78. The molecule has 0 saturated carbocycles. The van der Waals surface area contributed by atoms with Gasteiger partial charge in [-0.15, -0.1) is 0 Å². The van der Waals surface area contributed by atoms with Crippen LogP contribution in [0.25, 0.3) is 0 Å². The molecule has 1 atom stereocenters. The number of rotatable bonds is 9. The zero-order valence-corrected chi connectivity index (χ0v) is 21.1. The van der Waals surface area contributed by atoms with Crippen LogP contribution in [0.4, 0.5) is 5.69 Å². The largest absolute Gasteiger partial charge is 0.350 e. The highest BCUT2D eigenvalue weighted by Gasteiger charge is 2.31. The molecule has 1 fully saturated rings. The lowest BCUT2D eigenvalue weighted by atomic mass is 10.0. The highest BCUT2D eigenvalue weighted by Crippen LogP contribution is 2.25. The van der Waals surface area contributed by atoms with Crippen molar-refractivity contribution in [3.63, 3.8) is 0 Å². The molecule has 7 heteroatoms. The molecule has 1 aliphatic rings. The molecular weight excluding hydrogens is 434 g/mol. The maximum Gasteiger partial charge on any atom is 0.244 e. The second-order valence-electron chi connectivity index (χ2n) is 9.07. The number of benzene rings is 2. The first-order valence-electron chi connectivity index (χ1n) is 11.8. The van der Waals surface area contributed by atoms with Crippen molar-refractivity contribution in [3.05, 3.63) is 64.7 Å². The van der Waals surface area contributed by atoms with Gasteiger partial charge >= 0.3 is 0 Å². The van der Waals surface area contributed by atoms with E-state index >= 15 is 0 Å². The number of amides is 1. The summed E-state index contributed by atoms with van der Waals surface area (Å²) >= 11 is 0. The summed E-state index contributed by atoms with van der Waals surface area (Å²) in [4.78, 5) is 15.7. The number of likely N-dealkylation sites (tertiary alicyclic amines) is 1. The summed E-state index contributed by atoms with van der Waals surface area (Å²) in [5, 5.41) is 3.01. The molecule has 1 aliphatic heterocycles. The van der Waals surface area contributed by atoms with Gasteiger partial charge in [0.05, 0.1) is 11.9 Å². The van der Waals surface area contributed by atoms with Crippen molar-refractivity contribution in [2.75, 3.05) is 23.7 Å². The summed E-state index contributed by atoms with van der Waals surface area (Å²) in [6.45, 7) is 9.24. The molecule has 0 aromatic heterocycles. The molecule has 3 rings (SSSR count). The second kappa shape index (κ2) is 11.2. The Balaban J connectivity index is 1.77. The van der Waals surface area contributed by atoms with Gasteiger partial charge in [0.2, 0.25) is 15.9 Å². The van der Waals surface area contributed by atoms with Crippen LogP contribution in [0.2, 0.25) is 0 Å². The molecule has 33 heavy (non-hydrogen) atoms. The topological polar surface area (TPSA) is 69.7 Å². The Labute approximate surface area is 199 Å². The van der Waals surface area contributed by atoms with Gasteiger partial charge in [0.15, 0.2) is 0 Å². The fourth-order valence-electron chi connectivity index (χ4n) is 4.47. The molecule has 1 amide bonds. The Kier molecular flexibility index (Phi) is 8.54. The van der Waals surface area contributed by atoms with Crippen molar-refractivity contribution in [2.24, 2.45) is 0 Å². The van der Waals surface area contributed by atoms with Crippen molar-refractivity contribution in [1.29, 1.82) is 0 Å². The minimum absolute atomic E-state index is 0.283. The highest BCUT2D eigenvalue weighted by atomic mass is 32.2. The Hall–Kier alpha value is -2.38. The van der Waals surface area contributed by atoms with Gasteiger partial charge in [-0.3, -0.25) is 14.0 Å². The first-order valence-corrected chi connectivity index (χ1v) is 13.7. The lowest BCUT2D eigenvalue weighted by Gasteiger charge is -2.31. The fraction of sp³-hybridized carbons (Fsp3) is 0.500. The quantitative estimate of drug-likeness (QED) is 0.597. The summed E-state index contributed by atoms with van der Waals surface area (Å²) < 4.78 is 26.7. The Bertz CT molecular complexity index is 1060. The van der Waals surface area contributed by atoms with E-state index in [2.05, 4.69) is 16.3 Å². The number of aryl methyl sites for hydroxylation is 2. The van der Waals surface area contributed by atoms with Gasteiger partial charge in [0.1, 0.15) is 6.04 Å². The molecule has 0 spiro atoms. The molecule has 180 valence electrons. The van der Waals surface area contributed by atoms with Gasteiger partial charge < -0.3 is 5.32 Å². The van der Waals surface area contributed by atoms with E-state index in [-0.39, 0.29) is 5.91 Å². The number of nitrogens with one attached hydrogen (secondary N) is 1. The molecule has 6 nitrogen and oxygen atoms in total. The third kappa shape index (κ3) is 6.58. The Morgan fingerprint density at radius 2 is 1.70 bits per heavy atom. The van der Waals surface area contributed by atoms with Crippen LogP contribution < -0.4 is 9.62 Å². The van der Waals surface area contributed by atoms with Crippen LogP contribution in [0, 0.1) is 13.8 Å². The van der Waals surface area contributed by atoms with Crippen LogP contribution in [0.5, 0.6) is 0 Å². The maximum absolute atomic E-state index is 13.2. The van der Waals surface area contributed by atoms with Gasteiger partial charge in [0.25, 0.3) is 0 Å². The van der Waals surface area contributed by atoms with Crippen molar-refractivity contribution >= 4 is 21.6 Å². The van der Waals surface area contributed by atoms with Gasteiger partial charge in [-0.1, -0.05) is 43.7 Å². The standard InChI is InChI=1S/C26H37N3O3S/c1-5-25(29(33(4,31)32)24-14-13-20(2)21(3)17-24)26(30)27-18-22-11-7-8-12-23(22)19-28-15-9-6-10-16-28/h7-8,11-14,17,25H,5-6,9-10,15-16,18-19H2,1-4H3,(H,27,30)/t25-/m1/s1. The van der Waals surface area contributed by atoms with Crippen molar-refractivity contribution < 1.29 is 13.2 Å². The molecule has 1 saturated heterocycles. The van der Waals surface area contributed by atoms with E-state index in [1.165, 1.54) is 29.1 Å². The number of hydrogen-bond donors (Lipinski definition) is 1. The van der Waals surface area contributed by atoms with E-state index in [1.807, 2.05) is 51.1 Å². The molecule has 0 bridgehead atoms. The van der Waals surface area contributed by atoms with Crippen molar-refractivity contribution in [1.82, 2.24) is 10.2 Å². The average molecular weight is 472 g/mol. The van der Waals surface area contributed by atoms with Crippen LogP contribution in [0.3, 0.4) is 0 Å². The third-order valence-corrected chi connectivity index (χ3v) is 7.67. The Morgan fingerprint density at radius 1 is 1.03 bits per heavy atom. The van der Waals surface area contributed by atoms with Crippen LogP contribution in [0.1, 0.15) is 54.9 Å². The number of sulfonamides is 1. The summed E-state index contributed by atoms with van der Waals surface area (Å²) in [5.74, 6) is -0.283. The molecule has 0 unspecified atom stereocenters. The first-order chi connectivity index (χ1) is 15.7. The number of hydrogen-bond acceptors (Lipinski definition) is 4.